The van der Waals surface area contributed by atoms with Crippen LogP contribution in [0.25, 0.3) is 0 Å². The van der Waals surface area contributed by atoms with Crippen LogP contribution in [-0.2, 0) is 0 Å². The third-order valence-electron chi connectivity index (χ3n) is 4.88. The fraction of sp³-hybridized carbons (Fsp3) is 0.684. The standard InChI is InChI=1S/C19H31NO/c1-5-20-18(16-8-10-17(21-4)11-9-16)19(14-15(2)3)12-6-7-13-19/h8-11,15,18,20H,5-7,12-14H2,1-4H3. The predicted molar refractivity (Wildman–Crippen MR) is 89.8 cm³/mol. The summed E-state index contributed by atoms with van der Waals surface area (Å²) in [6.07, 6.45) is 6.79. The molecule has 2 heteroatoms. The first-order valence-corrected chi connectivity index (χ1v) is 8.48. The first-order chi connectivity index (χ1) is 10.1. The van der Waals surface area contributed by atoms with E-state index in [9.17, 15) is 0 Å². The molecule has 1 atom stereocenters. The van der Waals surface area contributed by atoms with E-state index in [2.05, 4.69) is 50.4 Å². The maximum atomic E-state index is 5.30. The molecule has 1 aromatic carbocycles. The zero-order chi connectivity index (χ0) is 15.3. The van der Waals surface area contributed by atoms with E-state index in [1.807, 2.05) is 0 Å². The van der Waals surface area contributed by atoms with Crippen molar-refractivity contribution in [3.63, 3.8) is 0 Å². The molecule has 0 amide bonds. The molecule has 1 aromatic rings. The van der Waals surface area contributed by atoms with Crippen molar-refractivity contribution in [1.29, 1.82) is 0 Å². The summed E-state index contributed by atoms with van der Waals surface area (Å²) < 4.78 is 5.30. The lowest BCUT2D eigenvalue weighted by molar-refractivity contribution is 0.157. The summed E-state index contributed by atoms with van der Waals surface area (Å²) in [6, 6.07) is 9.15. The Hall–Kier alpha value is -1.02. The summed E-state index contributed by atoms with van der Waals surface area (Å²) in [6.45, 7) is 7.96. The second kappa shape index (κ2) is 7.31. The molecule has 2 rings (SSSR count). The first-order valence-electron chi connectivity index (χ1n) is 8.48. The average molecular weight is 289 g/mol. The number of nitrogens with one attached hydrogen (secondary N) is 1. The third-order valence-corrected chi connectivity index (χ3v) is 4.88. The van der Waals surface area contributed by atoms with E-state index in [0.717, 1.165) is 18.2 Å². The molecule has 1 N–H and O–H groups in total. The molecule has 2 nitrogen and oxygen atoms in total. The summed E-state index contributed by atoms with van der Waals surface area (Å²) in [5, 5.41) is 3.78. The van der Waals surface area contributed by atoms with Gasteiger partial charge in [0, 0.05) is 6.04 Å². The van der Waals surface area contributed by atoms with Crippen molar-refractivity contribution in [1.82, 2.24) is 5.32 Å². The van der Waals surface area contributed by atoms with E-state index < -0.39 is 0 Å². The molecule has 0 heterocycles. The summed E-state index contributed by atoms with van der Waals surface area (Å²) >= 11 is 0. The molecule has 0 bridgehead atoms. The van der Waals surface area contributed by atoms with Crippen LogP contribution >= 0.6 is 0 Å². The number of benzene rings is 1. The van der Waals surface area contributed by atoms with Crippen LogP contribution in [0.5, 0.6) is 5.75 Å². The van der Waals surface area contributed by atoms with E-state index in [-0.39, 0.29) is 0 Å². The van der Waals surface area contributed by atoms with Crippen molar-refractivity contribution in [2.45, 2.75) is 58.9 Å². The third kappa shape index (κ3) is 3.79. The van der Waals surface area contributed by atoms with Crippen LogP contribution in [0.4, 0.5) is 0 Å². The van der Waals surface area contributed by atoms with Crippen molar-refractivity contribution in [3.8, 4) is 5.75 Å². The van der Waals surface area contributed by atoms with Crippen molar-refractivity contribution >= 4 is 0 Å². The number of hydrogen-bond donors (Lipinski definition) is 1. The van der Waals surface area contributed by atoms with Crippen LogP contribution in [0.3, 0.4) is 0 Å². The van der Waals surface area contributed by atoms with Gasteiger partial charge in [-0.15, -0.1) is 0 Å². The Morgan fingerprint density at radius 3 is 2.24 bits per heavy atom. The van der Waals surface area contributed by atoms with Crippen LogP contribution < -0.4 is 10.1 Å². The predicted octanol–water partition coefficient (Wildman–Crippen LogP) is 4.95. The minimum Gasteiger partial charge on any atom is -0.497 e. The fourth-order valence-electron chi connectivity index (χ4n) is 4.19. The van der Waals surface area contributed by atoms with Gasteiger partial charge < -0.3 is 10.1 Å². The Morgan fingerprint density at radius 1 is 1.14 bits per heavy atom. The van der Waals surface area contributed by atoms with Crippen molar-refractivity contribution in [2.75, 3.05) is 13.7 Å². The Bertz CT molecular complexity index is 418. The molecule has 1 aliphatic carbocycles. The first kappa shape index (κ1) is 16.4. The van der Waals surface area contributed by atoms with Gasteiger partial charge in [0.25, 0.3) is 0 Å². The van der Waals surface area contributed by atoms with Crippen LogP contribution in [0, 0.1) is 11.3 Å². The maximum absolute atomic E-state index is 5.30. The Balaban J connectivity index is 2.30. The average Bonchev–Trinajstić information content (AvgIpc) is 2.93. The van der Waals surface area contributed by atoms with Gasteiger partial charge in [-0.25, -0.2) is 0 Å². The molecule has 0 aliphatic heterocycles. The minimum atomic E-state index is 0.429. The zero-order valence-corrected chi connectivity index (χ0v) is 14.1. The SMILES string of the molecule is CCNC(c1ccc(OC)cc1)C1(CC(C)C)CCCC1. The highest BCUT2D eigenvalue weighted by molar-refractivity contribution is 5.30. The molecule has 1 aliphatic rings. The Morgan fingerprint density at radius 2 is 1.76 bits per heavy atom. The van der Waals surface area contributed by atoms with Crippen molar-refractivity contribution in [2.24, 2.45) is 11.3 Å². The normalized spacial score (nSPS) is 18.9. The lowest BCUT2D eigenvalue weighted by Gasteiger charge is -2.40. The van der Waals surface area contributed by atoms with E-state index in [1.54, 1.807) is 7.11 Å². The monoisotopic (exact) mass is 289 g/mol. The van der Waals surface area contributed by atoms with E-state index in [0.29, 0.717) is 11.5 Å². The molecule has 1 unspecified atom stereocenters. The Labute approximate surface area is 130 Å². The van der Waals surface area contributed by atoms with E-state index in [4.69, 9.17) is 4.74 Å². The van der Waals surface area contributed by atoms with Gasteiger partial charge in [0.15, 0.2) is 0 Å². The minimum absolute atomic E-state index is 0.429. The van der Waals surface area contributed by atoms with Crippen LogP contribution in [0.15, 0.2) is 24.3 Å². The molecular weight excluding hydrogens is 258 g/mol. The molecule has 118 valence electrons. The highest BCUT2D eigenvalue weighted by Crippen LogP contribution is 2.51. The Kier molecular flexibility index (Phi) is 5.69. The van der Waals surface area contributed by atoms with Gasteiger partial charge in [-0.05, 0) is 54.8 Å². The van der Waals surface area contributed by atoms with E-state index >= 15 is 0 Å². The van der Waals surface area contributed by atoms with Gasteiger partial charge in [0.05, 0.1) is 7.11 Å². The van der Waals surface area contributed by atoms with Gasteiger partial charge in [0.1, 0.15) is 5.75 Å². The highest BCUT2D eigenvalue weighted by atomic mass is 16.5. The fourth-order valence-corrected chi connectivity index (χ4v) is 4.19. The number of rotatable bonds is 7. The van der Waals surface area contributed by atoms with Gasteiger partial charge in [-0.1, -0.05) is 45.7 Å². The van der Waals surface area contributed by atoms with E-state index in [1.165, 1.54) is 37.7 Å². The van der Waals surface area contributed by atoms with Crippen molar-refractivity contribution in [3.05, 3.63) is 29.8 Å². The quantitative estimate of drug-likeness (QED) is 0.766. The lowest BCUT2D eigenvalue weighted by Crippen LogP contribution is -2.37. The lowest BCUT2D eigenvalue weighted by atomic mass is 9.70. The van der Waals surface area contributed by atoms with Gasteiger partial charge >= 0.3 is 0 Å². The van der Waals surface area contributed by atoms with Crippen molar-refractivity contribution < 1.29 is 4.74 Å². The van der Waals surface area contributed by atoms with Gasteiger partial charge in [-0.2, -0.15) is 0 Å². The summed E-state index contributed by atoms with van der Waals surface area (Å²) in [4.78, 5) is 0. The second-order valence-corrected chi connectivity index (χ2v) is 6.93. The van der Waals surface area contributed by atoms with Crippen LogP contribution in [-0.4, -0.2) is 13.7 Å². The van der Waals surface area contributed by atoms with Crippen LogP contribution in [0.2, 0.25) is 0 Å². The maximum Gasteiger partial charge on any atom is 0.118 e. The number of methoxy groups -OCH3 is 1. The molecule has 21 heavy (non-hydrogen) atoms. The van der Waals surface area contributed by atoms with Gasteiger partial charge in [0.2, 0.25) is 0 Å². The summed E-state index contributed by atoms with van der Waals surface area (Å²) in [7, 11) is 1.73. The molecular formula is C19H31NO. The highest BCUT2D eigenvalue weighted by Gasteiger charge is 2.41. The smallest absolute Gasteiger partial charge is 0.118 e. The zero-order valence-electron chi connectivity index (χ0n) is 14.1. The molecule has 0 radical (unpaired) electrons. The van der Waals surface area contributed by atoms with Crippen LogP contribution in [0.1, 0.15) is 64.5 Å². The molecule has 0 aromatic heterocycles. The number of ether oxygens (including phenoxy) is 1. The molecule has 1 saturated carbocycles. The topological polar surface area (TPSA) is 21.3 Å². The summed E-state index contributed by atoms with van der Waals surface area (Å²) in [5.74, 6) is 1.70. The molecule has 0 spiro atoms. The second-order valence-electron chi connectivity index (χ2n) is 6.93. The summed E-state index contributed by atoms with van der Waals surface area (Å²) in [5.41, 5.74) is 1.85. The molecule has 0 saturated heterocycles. The van der Waals surface area contributed by atoms with Gasteiger partial charge in [-0.3, -0.25) is 0 Å². The number of hydrogen-bond acceptors (Lipinski definition) is 2. The molecule has 1 fully saturated rings. The largest absolute Gasteiger partial charge is 0.497 e.